The number of hydrogen-bond acceptors (Lipinski definition) is 13. The predicted molar refractivity (Wildman–Crippen MR) is 201 cm³/mol. The van der Waals surface area contributed by atoms with Crippen LogP contribution >= 0.6 is 0 Å². The number of carbonyl (C=O) groups excluding carboxylic acids is 4. The molecule has 0 saturated heterocycles. The van der Waals surface area contributed by atoms with Crippen LogP contribution in [0.1, 0.15) is 48.0 Å². The maximum absolute atomic E-state index is 13.2. The van der Waals surface area contributed by atoms with E-state index in [0.29, 0.717) is 34.9 Å². The van der Waals surface area contributed by atoms with Crippen LogP contribution in [0.5, 0.6) is 0 Å². The molecule has 0 spiro atoms. The van der Waals surface area contributed by atoms with Crippen molar-refractivity contribution in [3.63, 3.8) is 0 Å². The molecule has 3 atom stereocenters. The number of hydrogen-bond donors (Lipinski definition) is 3. The lowest BCUT2D eigenvalue weighted by atomic mass is 10.0. The minimum Gasteiger partial charge on any atom is -0.350 e. The third-order valence-electron chi connectivity index (χ3n) is 9.40. The number of aromatic nitrogens is 2. The molecule has 0 bridgehead atoms. The van der Waals surface area contributed by atoms with E-state index < -0.39 is 41.8 Å². The van der Waals surface area contributed by atoms with Crippen molar-refractivity contribution >= 4 is 35.0 Å². The van der Waals surface area contributed by atoms with Crippen LogP contribution in [0.2, 0.25) is 0 Å². The molecule has 3 N–H and O–H groups in total. The number of benzene rings is 2. The van der Waals surface area contributed by atoms with Crippen molar-refractivity contribution < 1.29 is 19.2 Å². The maximum Gasteiger partial charge on any atom is 0.274 e. The van der Waals surface area contributed by atoms with Gasteiger partial charge in [0.05, 0.1) is 11.4 Å². The number of rotatable bonds is 10. The van der Waals surface area contributed by atoms with E-state index in [1.165, 1.54) is 0 Å². The highest BCUT2D eigenvalue weighted by molar-refractivity contribution is 6.11. The fraction of sp³-hybridized carbons (Fsp3) is 0.256. The third kappa shape index (κ3) is 7.69. The Balaban J connectivity index is 1.07. The standard InChI is InChI=1S/C39H40N12O4/c1-22-13-23(2)16-28(15-22)44-46-31-26(5)33(38(54)42-36(31)52)50-10-9-48(20-50)19-30(35-40-7-8-41-35)49-11-12-51(21-49)34-27(6)32(37(53)43-39(34)55)47-45-29-17-24(3)14-25(4)18-29/h7-18,20-21,30-32H,19H2,1-6H3,(H,40,41)(H,42,52,54)(H,43,53,55). The van der Waals surface area contributed by atoms with Crippen molar-refractivity contribution in [2.45, 2.75) is 59.7 Å². The molecule has 4 aliphatic heterocycles. The van der Waals surface area contributed by atoms with Gasteiger partial charge >= 0.3 is 0 Å². The first-order chi connectivity index (χ1) is 26.3. The Labute approximate surface area is 318 Å². The Bertz CT molecular complexity index is 2210. The smallest absolute Gasteiger partial charge is 0.274 e. The minimum atomic E-state index is -1.00. The summed E-state index contributed by atoms with van der Waals surface area (Å²) >= 11 is 0. The van der Waals surface area contributed by atoms with Crippen molar-refractivity contribution in [3.8, 4) is 0 Å². The van der Waals surface area contributed by atoms with Crippen molar-refractivity contribution in [3.05, 3.63) is 138 Å². The van der Waals surface area contributed by atoms with Crippen molar-refractivity contribution in [2.24, 2.45) is 20.5 Å². The maximum atomic E-state index is 13.2. The summed E-state index contributed by atoms with van der Waals surface area (Å²) in [6.07, 6.45) is 10.4. The van der Waals surface area contributed by atoms with Crippen LogP contribution < -0.4 is 10.6 Å². The fourth-order valence-electron chi connectivity index (χ4n) is 6.98. The van der Waals surface area contributed by atoms with Crippen LogP contribution in [-0.2, 0) is 19.2 Å². The molecule has 3 unspecified atom stereocenters. The van der Waals surface area contributed by atoms with Gasteiger partial charge in [-0.05, 0) is 99.2 Å². The van der Waals surface area contributed by atoms with Gasteiger partial charge in [-0.25, -0.2) is 4.98 Å². The van der Waals surface area contributed by atoms with Crippen LogP contribution in [0.4, 0.5) is 11.4 Å². The highest BCUT2D eigenvalue weighted by atomic mass is 16.2. The van der Waals surface area contributed by atoms with Crippen molar-refractivity contribution in [1.82, 2.24) is 40.2 Å². The molecule has 2 radical (unpaired) electrons. The molecular weight excluding hydrogens is 701 g/mol. The zero-order valence-electron chi connectivity index (χ0n) is 31.2. The monoisotopic (exact) mass is 740 g/mol. The zero-order valence-corrected chi connectivity index (χ0v) is 31.2. The SMILES string of the molecule is CC1=C(N2[CH]N(CC(c3ncc[nH]3)N3[CH]N(C4=C(C)C(N=Nc5cc(C)cc(C)c5)C(=O)NC4=O)C=C3)C=C2)C(=O)NC(=O)C1N=Nc1cc(C)cc(C)c1. The number of azo groups is 2. The van der Waals surface area contributed by atoms with Crippen LogP contribution in [-0.4, -0.2) is 71.8 Å². The average molecular weight is 741 g/mol. The topological polar surface area (TPSA) is 183 Å². The molecule has 7 rings (SSSR count). The van der Waals surface area contributed by atoms with E-state index in [1.807, 2.05) is 80.1 Å². The molecule has 1 aromatic heterocycles. The Morgan fingerprint density at radius 1 is 0.655 bits per heavy atom. The molecule has 2 aromatic carbocycles. The molecule has 16 nitrogen and oxygen atoms in total. The van der Waals surface area contributed by atoms with E-state index in [-0.39, 0.29) is 11.4 Å². The summed E-state index contributed by atoms with van der Waals surface area (Å²) in [5.74, 6) is -1.55. The highest BCUT2D eigenvalue weighted by Crippen LogP contribution is 2.34. The Morgan fingerprint density at radius 3 is 1.64 bits per heavy atom. The van der Waals surface area contributed by atoms with Crippen LogP contribution in [0.3, 0.4) is 0 Å². The van der Waals surface area contributed by atoms with E-state index in [2.05, 4.69) is 41.1 Å². The normalized spacial score (nSPS) is 21.0. The number of nitrogens with one attached hydrogen (secondary N) is 3. The molecule has 0 saturated carbocycles. The van der Waals surface area contributed by atoms with Gasteiger partial charge in [0.15, 0.2) is 12.1 Å². The van der Waals surface area contributed by atoms with Gasteiger partial charge in [-0.3, -0.25) is 29.8 Å². The van der Waals surface area contributed by atoms with E-state index in [1.54, 1.807) is 68.0 Å². The summed E-state index contributed by atoms with van der Waals surface area (Å²) in [6.45, 7) is 15.1. The van der Waals surface area contributed by atoms with Gasteiger partial charge in [-0.15, -0.1) is 0 Å². The molecule has 3 aromatic rings. The first-order valence-electron chi connectivity index (χ1n) is 17.6. The van der Waals surface area contributed by atoms with E-state index in [4.69, 9.17) is 0 Å². The number of aromatic amines is 1. The van der Waals surface area contributed by atoms with Gasteiger partial charge in [0.25, 0.3) is 23.6 Å². The van der Waals surface area contributed by atoms with Gasteiger partial charge in [0, 0.05) is 43.7 Å². The number of amides is 4. The van der Waals surface area contributed by atoms with Gasteiger partial charge in [-0.2, -0.15) is 20.5 Å². The summed E-state index contributed by atoms with van der Waals surface area (Å²) in [5.41, 5.74) is 6.74. The lowest BCUT2D eigenvalue weighted by Crippen LogP contribution is -2.47. The Morgan fingerprint density at radius 2 is 1.15 bits per heavy atom. The largest absolute Gasteiger partial charge is 0.350 e. The molecule has 16 heteroatoms. The van der Waals surface area contributed by atoms with Crippen LogP contribution in [0, 0.1) is 41.0 Å². The molecule has 0 fully saturated rings. The summed E-state index contributed by atoms with van der Waals surface area (Å²) in [6, 6.07) is 9.15. The molecule has 0 aliphatic carbocycles. The summed E-state index contributed by atoms with van der Waals surface area (Å²) < 4.78 is 0. The van der Waals surface area contributed by atoms with Crippen molar-refractivity contribution in [1.29, 1.82) is 0 Å². The molecular formula is C39H40N12O4. The predicted octanol–water partition coefficient (Wildman–Crippen LogP) is 5.27. The molecule has 4 amide bonds. The second-order valence-electron chi connectivity index (χ2n) is 13.9. The van der Waals surface area contributed by atoms with E-state index in [0.717, 1.165) is 22.3 Å². The van der Waals surface area contributed by atoms with Gasteiger partial charge in [0.2, 0.25) is 0 Å². The summed E-state index contributed by atoms with van der Waals surface area (Å²) in [4.78, 5) is 67.0. The first-order valence-corrected chi connectivity index (χ1v) is 17.6. The Kier molecular flexibility index (Phi) is 9.97. The number of imidazole rings is 1. The molecule has 280 valence electrons. The minimum absolute atomic E-state index is 0.254. The van der Waals surface area contributed by atoms with Crippen LogP contribution in [0.25, 0.3) is 0 Å². The molecule has 5 heterocycles. The second kappa shape index (κ2) is 15.0. The fourth-order valence-corrected chi connectivity index (χ4v) is 6.98. The first kappa shape index (κ1) is 36.6. The molecule has 4 aliphatic rings. The number of nitrogens with zero attached hydrogens (tertiary/aromatic N) is 9. The number of H-pyrrole nitrogens is 1. The highest BCUT2D eigenvalue weighted by Gasteiger charge is 2.40. The van der Waals surface area contributed by atoms with Gasteiger partial charge < -0.3 is 24.6 Å². The van der Waals surface area contributed by atoms with Gasteiger partial charge in [0.1, 0.15) is 36.6 Å². The van der Waals surface area contributed by atoms with E-state index in [9.17, 15) is 19.2 Å². The summed E-state index contributed by atoms with van der Waals surface area (Å²) in [5, 5.41) is 22.2. The summed E-state index contributed by atoms with van der Waals surface area (Å²) in [7, 11) is 0. The second-order valence-corrected chi connectivity index (χ2v) is 13.9. The number of carbonyl (C=O) groups is 4. The zero-order chi connectivity index (χ0) is 39.0. The average Bonchev–Trinajstić information content (AvgIpc) is 3.90. The van der Waals surface area contributed by atoms with Gasteiger partial charge in [-0.1, -0.05) is 12.1 Å². The van der Waals surface area contributed by atoms with Crippen molar-refractivity contribution in [2.75, 3.05) is 6.54 Å². The lowest BCUT2D eigenvalue weighted by molar-refractivity contribution is -0.132. The van der Waals surface area contributed by atoms with E-state index >= 15 is 0 Å². The third-order valence-corrected chi connectivity index (χ3v) is 9.40. The lowest BCUT2D eigenvalue weighted by Gasteiger charge is -2.33. The quantitative estimate of drug-likeness (QED) is 0.184. The number of imide groups is 2. The van der Waals surface area contributed by atoms with Crippen LogP contribution in [0.15, 0.2) is 117 Å². The molecule has 55 heavy (non-hydrogen) atoms. The Hall–Kier alpha value is -6.71. The number of aryl methyl sites for hydroxylation is 4.